The second-order valence-corrected chi connectivity index (χ2v) is 4.06. The van der Waals surface area contributed by atoms with Crippen molar-refractivity contribution >= 4 is 17.6 Å². The first-order valence-electron chi connectivity index (χ1n) is 5.66. The summed E-state index contributed by atoms with van der Waals surface area (Å²) in [5, 5.41) is 2.96. The van der Waals surface area contributed by atoms with Crippen LogP contribution in [-0.4, -0.2) is 17.0 Å². The van der Waals surface area contributed by atoms with Crippen molar-refractivity contribution in [2.45, 2.75) is 6.42 Å². The highest BCUT2D eigenvalue weighted by Crippen LogP contribution is 2.30. The lowest BCUT2D eigenvalue weighted by Crippen LogP contribution is -1.98. The molecule has 0 spiro atoms. The second kappa shape index (κ2) is 4.01. The van der Waals surface area contributed by atoms with Crippen molar-refractivity contribution in [3.8, 4) is 0 Å². The molecule has 0 amide bonds. The van der Waals surface area contributed by atoms with Crippen molar-refractivity contribution < 1.29 is 0 Å². The Labute approximate surface area is 100 Å². The Morgan fingerprint density at radius 1 is 1.18 bits per heavy atom. The van der Waals surface area contributed by atoms with Crippen molar-refractivity contribution in [3.05, 3.63) is 53.3 Å². The van der Waals surface area contributed by atoms with Crippen LogP contribution in [0.4, 0.5) is 5.95 Å². The molecule has 1 N–H and O–H groups in total. The minimum Gasteiger partial charge on any atom is -0.357 e. The van der Waals surface area contributed by atoms with E-state index >= 15 is 0 Å². The van der Waals surface area contributed by atoms with Crippen LogP contribution in [0.3, 0.4) is 0 Å². The molecule has 1 aliphatic rings. The number of hydrogen-bond donors (Lipinski definition) is 1. The van der Waals surface area contributed by atoms with Gasteiger partial charge < -0.3 is 5.32 Å². The van der Waals surface area contributed by atoms with E-state index in [1.165, 1.54) is 16.7 Å². The third-order valence-electron chi connectivity index (χ3n) is 2.97. The predicted octanol–water partition coefficient (Wildman–Crippen LogP) is 2.62. The summed E-state index contributed by atoms with van der Waals surface area (Å²) in [5.74, 6) is 0.666. The standard InChI is InChI=1S/C14H13N3/c1-15-14-16-7-6-13(17-14)12-8-10-4-2-3-5-11(10)9-12/h2-8H,9H2,1H3,(H,15,16,17). The van der Waals surface area contributed by atoms with Gasteiger partial charge in [-0.3, -0.25) is 0 Å². The van der Waals surface area contributed by atoms with Crippen LogP contribution < -0.4 is 5.32 Å². The average molecular weight is 223 g/mol. The number of nitrogens with zero attached hydrogens (tertiary/aromatic N) is 2. The van der Waals surface area contributed by atoms with E-state index in [9.17, 15) is 0 Å². The monoisotopic (exact) mass is 223 g/mol. The SMILES string of the molecule is CNc1nccc(C2=Cc3ccccc3C2)n1. The van der Waals surface area contributed by atoms with Gasteiger partial charge in [-0.1, -0.05) is 24.3 Å². The van der Waals surface area contributed by atoms with Crippen LogP contribution in [0.5, 0.6) is 0 Å². The molecule has 2 aromatic rings. The van der Waals surface area contributed by atoms with Gasteiger partial charge in [-0.05, 0) is 28.8 Å². The van der Waals surface area contributed by atoms with Gasteiger partial charge in [0.25, 0.3) is 0 Å². The summed E-state index contributed by atoms with van der Waals surface area (Å²) < 4.78 is 0. The molecule has 0 radical (unpaired) electrons. The lowest BCUT2D eigenvalue weighted by atomic mass is 10.1. The summed E-state index contributed by atoms with van der Waals surface area (Å²) in [4.78, 5) is 8.59. The highest BCUT2D eigenvalue weighted by molar-refractivity contribution is 5.87. The smallest absolute Gasteiger partial charge is 0.222 e. The number of anilines is 1. The zero-order valence-corrected chi connectivity index (χ0v) is 9.64. The van der Waals surface area contributed by atoms with Crippen LogP contribution in [0.15, 0.2) is 36.5 Å². The normalized spacial score (nSPS) is 13.1. The summed E-state index contributed by atoms with van der Waals surface area (Å²) in [5.41, 5.74) is 4.92. The number of aromatic nitrogens is 2. The van der Waals surface area contributed by atoms with E-state index in [4.69, 9.17) is 0 Å². The number of hydrogen-bond acceptors (Lipinski definition) is 3. The van der Waals surface area contributed by atoms with Gasteiger partial charge in [-0.25, -0.2) is 9.97 Å². The molecular formula is C14H13N3. The van der Waals surface area contributed by atoms with Gasteiger partial charge >= 0.3 is 0 Å². The first-order valence-corrected chi connectivity index (χ1v) is 5.66. The van der Waals surface area contributed by atoms with Crippen molar-refractivity contribution in [2.75, 3.05) is 12.4 Å². The summed E-state index contributed by atoms with van der Waals surface area (Å²) >= 11 is 0. The molecule has 0 bridgehead atoms. The maximum Gasteiger partial charge on any atom is 0.222 e. The van der Waals surface area contributed by atoms with Gasteiger partial charge in [0.15, 0.2) is 0 Å². The molecule has 84 valence electrons. The van der Waals surface area contributed by atoms with Gasteiger partial charge in [0.05, 0.1) is 5.69 Å². The van der Waals surface area contributed by atoms with Crippen molar-refractivity contribution in [2.24, 2.45) is 0 Å². The number of fused-ring (bicyclic) bond motifs is 1. The van der Waals surface area contributed by atoms with E-state index in [-0.39, 0.29) is 0 Å². The largest absolute Gasteiger partial charge is 0.357 e. The Balaban J connectivity index is 1.98. The first-order chi connectivity index (χ1) is 8.36. The molecular weight excluding hydrogens is 210 g/mol. The molecule has 0 atom stereocenters. The van der Waals surface area contributed by atoms with Gasteiger partial charge in [-0.2, -0.15) is 0 Å². The fraction of sp³-hybridized carbons (Fsp3) is 0.143. The molecule has 3 rings (SSSR count). The van der Waals surface area contributed by atoms with Crippen LogP contribution in [0.25, 0.3) is 11.6 Å². The molecule has 1 aliphatic carbocycles. The highest BCUT2D eigenvalue weighted by Gasteiger charge is 2.14. The second-order valence-electron chi connectivity index (χ2n) is 4.06. The molecule has 0 saturated carbocycles. The average Bonchev–Trinajstić information content (AvgIpc) is 2.82. The Kier molecular flexibility index (Phi) is 2.37. The molecule has 0 aliphatic heterocycles. The summed E-state index contributed by atoms with van der Waals surface area (Å²) in [6.45, 7) is 0. The number of allylic oxidation sites excluding steroid dienone is 1. The maximum atomic E-state index is 4.47. The number of nitrogens with one attached hydrogen (secondary N) is 1. The van der Waals surface area contributed by atoms with Crippen molar-refractivity contribution in [1.82, 2.24) is 9.97 Å². The van der Waals surface area contributed by atoms with Crippen LogP contribution in [0.1, 0.15) is 16.8 Å². The summed E-state index contributed by atoms with van der Waals surface area (Å²) in [6, 6.07) is 10.4. The molecule has 0 unspecified atom stereocenters. The van der Waals surface area contributed by atoms with E-state index in [0.29, 0.717) is 5.95 Å². The number of rotatable bonds is 2. The molecule has 0 fully saturated rings. The Morgan fingerprint density at radius 3 is 2.88 bits per heavy atom. The zero-order chi connectivity index (χ0) is 11.7. The van der Waals surface area contributed by atoms with Gasteiger partial charge in [0.2, 0.25) is 5.95 Å². The van der Waals surface area contributed by atoms with Gasteiger partial charge in [0, 0.05) is 19.7 Å². The van der Waals surface area contributed by atoms with Gasteiger partial charge in [-0.15, -0.1) is 0 Å². The molecule has 17 heavy (non-hydrogen) atoms. The Morgan fingerprint density at radius 2 is 2.06 bits per heavy atom. The van der Waals surface area contributed by atoms with Crippen LogP contribution in [0, 0.1) is 0 Å². The maximum absolute atomic E-state index is 4.47. The van der Waals surface area contributed by atoms with E-state index in [2.05, 4.69) is 45.6 Å². The van der Waals surface area contributed by atoms with Crippen LogP contribution >= 0.6 is 0 Å². The predicted molar refractivity (Wildman–Crippen MR) is 69.6 cm³/mol. The quantitative estimate of drug-likeness (QED) is 0.850. The fourth-order valence-corrected chi connectivity index (χ4v) is 2.10. The van der Waals surface area contributed by atoms with Crippen molar-refractivity contribution in [1.29, 1.82) is 0 Å². The third-order valence-corrected chi connectivity index (χ3v) is 2.97. The molecule has 0 saturated heterocycles. The molecule has 1 heterocycles. The Hall–Kier alpha value is -2.16. The van der Waals surface area contributed by atoms with Gasteiger partial charge in [0.1, 0.15) is 0 Å². The molecule has 3 nitrogen and oxygen atoms in total. The number of benzene rings is 1. The lowest BCUT2D eigenvalue weighted by Gasteiger charge is -2.03. The van der Waals surface area contributed by atoms with E-state index in [1.54, 1.807) is 6.20 Å². The molecule has 1 aromatic heterocycles. The molecule has 1 aromatic carbocycles. The van der Waals surface area contributed by atoms with Crippen molar-refractivity contribution in [3.63, 3.8) is 0 Å². The fourth-order valence-electron chi connectivity index (χ4n) is 2.10. The minimum atomic E-state index is 0.666. The van der Waals surface area contributed by atoms with E-state index < -0.39 is 0 Å². The lowest BCUT2D eigenvalue weighted by molar-refractivity contribution is 1.12. The topological polar surface area (TPSA) is 37.8 Å². The summed E-state index contributed by atoms with van der Waals surface area (Å²) in [7, 11) is 1.83. The zero-order valence-electron chi connectivity index (χ0n) is 9.64. The van der Waals surface area contributed by atoms with E-state index in [0.717, 1.165) is 12.1 Å². The molecule has 3 heteroatoms. The minimum absolute atomic E-state index is 0.666. The van der Waals surface area contributed by atoms with Crippen LogP contribution in [0.2, 0.25) is 0 Å². The highest BCUT2D eigenvalue weighted by atomic mass is 15.1. The first kappa shape index (κ1) is 10.0. The summed E-state index contributed by atoms with van der Waals surface area (Å²) in [6.07, 6.45) is 4.95. The van der Waals surface area contributed by atoms with E-state index in [1.807, 2.05) is 13.1 Å². The Bertz CT molecular complexity index is 588. The van der Waals surface area contributed by atoms with Crippen LogP contribution in [-0.2, 0) is 6.42 Å². The third kappa shape index (κ3) is 1.80.